The van der Waals surface area contributed by atoms with E-state index in [9.17, 15) is 14.4 Å². The van der Waals surface area contributed by atoms with Gasteiger partial charge in [-0.1, -0.05) is 12.1 Å². The lowest BCUT2D eigenvalue weighted by atomic mass is 9.73. The van der Waals surface area contributed by atoms with Gasteiger partial charge in [0.2, 0.25) is 0 Å². The Kier molecular flexibility index (Phi) is 6.84. The second-order valence-electron chi connectivity index (χ2n) is 9.59. The molecule has 0 fully saturated rings. The Labute approximate surface area is 218 Å². The van der Waals surface area contributed by atoms with Gasteiger partial charge in [-0.3, -0.25) is 14.4 Å². The van der Waals surface area contributed by atoms with Crippen LogP contribution in [0, 0.1) is 13.8 Å². The number of benzene rings is 2. The molecule has 186 valence electrons. The van der Waals surface area contributed by atoms with Gasteiger partial charge in [-0.2, -0.15) is 0 Å². The number of hydrogen-bond acceptors (Lipinski definition) is 5. The SMILES string of the molecule is Cc1ccc(NC(=O)COc2ccc(C3C4=C(CCCC4=O)OC4=C3C(=O)CCC4)cc2Br)cc1C. The normalized spacial score (nSPS) is 18.0. The van der Waals surface area contributed by atoms with Gasteiger partial charge in [0.1, 0.15) is 17.3 Å². The molecule has 7 heteroatoms. The number of halogens is 1. The molecule has 2 aromatic carbocycles. The summed E-state index contributed by atoms with van der Waals surface area (Å²) < 4.78 is 12.5. The zero-order valence-corrected chi connectivity index (χ0v) is 22.0. The minimum atomic E-state index is -0.428. The smallest absolute Gasteiger partial charge is 0.262 e. The molecule has 6 nitrogen and oxygen atoms in total. The largest absolute Gasteiger partial charge is 0.483 e. The van der Waals surface area contributed by atoms with Crippen LogP contribution in [0.25, 0.3) is 0 Å². The van der Waals surface area contributed by atoms with Crippen LogP contribution in [0.3, 0.4) is 0 Å². The van der Waals surface area contributed by atoms with Crippen molar-refractivity contribution in [3.63, 3.8) is 0 Å². The molecule has 2 aliphatic carbocycles. The van der Waals surface area contributed by atoms with Gasteiger partial charge < -0.3 is 14.8 Å². The van der Waals surface area contributed by atoms with Gasteiger partial charge in [0.05, 0.1) is 4.47 Å². The molecule has 1 amide bonds. The number of hydrogen-bond donors (Lipinski definition) is 1. The first-order valence-electron chi connectivity index (χ1n) is 12.3. The van der Waals surface area contributed by atoms with Crippen molar-refractivity contribution in [2.24, 2.45) is 0 Å². The average molecular weight is 550 g/mol. The molecule has 1 heterocycles. The summed E-state index contributed by atoms with van der Waals surface area (Å²) >= 11 is 3.56. The predicted octanol–water partition coefficient (Wildman–Crippen LogP) is 6.21. The highest BCUT2D eigenvalue weighted by atomic mass is 79.9. The molecule has 0 bridgehead atoms. The quantitative estimate of drug-likeness (QED) is 0.479. The highest BCUT2D eigenvalue weighted by Crippen LogP contribution is 2.48. The maximum absolute atomic E-state index is 13.0. The summed E-state index contributed by atoms with van der Waals surface area (Å²) in [7, 11) is 0. The minimum Gasteiger partial charge on any atom is -0.483 e. The molecular weight excluding hydrogens is 522 g/mol. The first-order valence-corrected chi connectivity index (χ1v) is 13.1. The Hall–Kier alpha value is -3.19. The Morgan fingerprint density at radius 2 is 1.61 bits per heavy atom. The van der Waals surface area contributed by atoms with Gasteiger partial charge in [0.25, 0.3) is 5.91 Å². The molecule has 0 saturated heterocycles. The Morgan fingerprint density at radius 1 is 0.944 bits per heavy atom. The molecule has 0 unspecified atom stereocenters. The predicted molar refractivity (Wildman–Crippen MR) is 140 cm³/mol. The van der Waals surface area contributed by atoms with E-state index in [-0.39, 0.29) is 24.1 Å². The van der Waals surface area contributed by atoms with Crippen LogP contribution < -0.4 is 10.1 Å². The lowest BCUT2D eigenvalue weighted by Crippen LogP contribution is -2.30. The third kappa shape index (κ3) is 4.76. The number of ether oxygens (including phenoxy) is 2. The van der Waals surface area contributed by atoms with Crippen LogP contribution in [0.1, 0.15) is 61.1 Å². The van der Waals surface area contributed by atoms with Gasteiger partial charge in [0.15, 0.2) is 18.2 Å². The Morgan fingerprint density at radius 3 is 2.22 bits per heavy atom. The summed E-state index contributed by atoms with van der Waals surface area (Å²) in [4.78, 5) is 38.4. The molecule has 0 spiro atoms. The molecule has 2 aromatic rings. The van der Waals surface area contributed by atoms with Crippen molar-refractivity contribution in [2.45, 2.75) is 58.3 Å². The lowest BCUT2D eigenvalue weighted by molar-refractivity contribution is -0.119. The van der Waals surface area contributed by atoms with Crippen LogP contribution in [0.15, 0.2) is 63.5 Å². The fourth-order valence-corrected chi connectivity index (χ4v) is 5.64. The number of rotatable bonds is 5. The maximum atomic E-state index is 13.0. The molecule has 0 radical (unpaired) electrons. The number of anilines is 1. The van der Waals surface area contributed by atoms with Crippen LogP contribution in [0.4, 0.5) is 5.69 Å². The minimum absolute atomic E-state index is 0.0469. The number of amides is 1. The van der Waals surface area contributed by atoms with Gasteiger partial charge in [0, 0.05) is 48.4 Å². The monoisotopic (exact) mass is 549 g/mol. The molecule has 0 atom stereocenters. The Balaban J connectivity index is 1.37. The lowest BCUT2D eigenvalue weighted by Gasteiger charge is -2.36. The van der Waals surface area contributed by atoms with Crippen molar-refractivity contribution in [3.05, 3.63) is 80.2 Å². The van der Waals surface area contributed by atoms with Crippen LogP contribution in [0.2, 0.25) is 0 Å². The number of nitrogens with one attached hydrogen (secondary N) is 1. The third-order valence-corrected chi connectivity index (χ3v) is 7.70. The fourth-order valence-electron chi connectivity index (χ4n) is 5.12. The van der Waals surface area contributed by atoms with E-state index in [1.54, 1.807) is 6.07 Å². The number of carbonyl (C=O) groups excluding carboxylic acids is 3. The molecule has 1 aliphatic heterocycles. The summed E-state index contributed by atoms with van der Waals surface area (Å²) in [6.45, 7) is 3.87. The first kappa shape index (κ1) is 24.5. The van der Waals surface area contributed by atoms with Gasteiger partial charge in [-0.15, -0.1) is 0 Å². The zero-order chi connectivity index (χ0) is 25.4. The van der Waals surface area contributed by atoms with E-state index in [0.717, 1.165) is 35.2 Å². The molecule has 0 saturated carbocycles. The topological polar surface area (TPSA) is 81.7 Å². The molecule has 0 aromatic heterocycles. The molecular formula is C29H28BrNO5. The van der Waals surface area contributed by atoms with Crippen LogP contribution in [0.5, 0.6) is 5.75 Å². The van der Waals surface area contributed by atoms with Crippen molar-refractivity contribution >= 4 is 39.1 Å². The van der Waals surface area contributed by atoms with Gasteiger partial charge in [-0.25, -0.2) is 0 Å². The summed E-state index contributed by atoms with van der Waals surface area (Å²) in [5, 5.41) is 2.85. The first-order chi connectivity index (χ1) is 17.3. The number of allylic oxidation sites excluding steroid dienone is 4. The van der Waals surface area contributed by atoms with Crippen molar-refractivity contribution in [3.8, 4) is 5.75 Å². The van der Waals surface area contributed by atoms with Crippen molar-refractivity contribution in [1.82, 2.24) is 0 Å². The number of ketones is 2. The highest BCUT2D eigenvalue weighted by molar-refractivity contribution is 9.10. The van der Waals surface area contributed by atoms with Gasteiger partial charge in [-0.05, 0) is 83.6 Å². The summed E-state index contributed by atoms with van der Waals surface area (Å²) in [5.41, 5.74) is 5.05. The highest BCUT2D eigenvalue weighted by Gasteiger charge is 2.41. The molecule has 1 N–H and O–H groups in total. The van der Waals surface area contributed by atoms with E-state index in [0.29, 0.717) is 58.6 Å². The van der Waals surface area contributed by atoms with Crippen LogP contribution in [-0.2, 0) is 19.1 Å². The number of aryl methyl sites for hydroxylation is 2. The van der Waals surface area contributed by atoms with Crippen molar-refractivity contribution in [2.75, 3.05) is 11.9 Å². The van der Waals surface area contributed by atoms with Gasteiger partial charge >= 0.3 is 0 Å². The van der Waals surface area contributed by atoms with Crippen molar-refractivity contribution < 1.29 is 23.9 Å². The van der Waals surface area contributed by atoms with Crippen molar-refractivity contribution in [1.29, 1.82) is 0 Å². The van der Waals surface area contributed by atoms with E-state index in [2.05, 4.69) is 21.2 Å². The average Bonchev–Trinajstić information content (AvgIpc) is 2.85. The van der Waals surface area contributed by atoms with Crippen LogP contribution >= 0.6 is 15.9 Å². The Bertz CT molecular complexity index is 1300. The number of Topliss-reactive ketones (excluding diaryl/α,β-unsaturated/α-hetero) is 2. The van der Waals surface area contributed by atoms with E-state index in [4.69, 9.17) is 9.47 Å². The fraction of sp³-hybridized carbons (Fsp3) is 0.345. The summed E-state index contributed by atoms with van der Waals surface area (Å²) in [5.74, 6) is 1.34. The molecule has 36 heavy (non-hydrogen) atoms. The zero-order valence-electron chi connectivity index (χ0n) is 20.4. The molecule has 5 rings (SSSR count). The second kappa shape index (κ2) is 10.1. The van der Waals surface area contributed by atoms with E-state index < -0.39 is 5.92 Å². The summed E-state index contributed by atoms with van der Waals surface area (Å²) in [6.07, 6.45) is 3.88. The third-order valence-electron chi connectivity index (χ3n) is 7.08. The number of carbonyl (C=O) groups is 3. The van der Waals surface area contributed by atoms with E-state index in [1.807, 2.05) is 44.2 Å². The standard InChI is InChI=1S/C29H28BrNO5/c1-16-9-11-19(13-17(16)2)31-26(34)15-35-23-12-10-18(14-20(23)30)27-28-21(32)5-3-7-24(28)36-25-8-4-6-22(33)29(25)27/h9-14,27H,3-8,15H2,1-2H3,(H,31,34). The van der Waals surface area contributed by atoms with E-state index >= 15 is 0 Å². The maximum Gasteiger partial charge on any atom is 0.262 e. The summed E-state index contributed by atoms with van der Waals surface area (Å²) in [6, 6.07) is 11.3. The van der Waals surface area contributed by atoms with E-state index in [1.165, 1.54) is 0 Å². The second-order valence-corrected chi connectivity index (χ2v) is 10.4. The molecule has 3 aliphatic rings. The van der Waals surface area contributed by atoms with Crippen LogP contribution in [-0.4, -0.2) is 24.1 Å².